The molecule has 0 atom stereocenters. The van der Waals surface area contributed by atoms with Gasteiger partial charge in [0.15, 0.2) is 0 Å². The average molecular weight is 210 g/mol. The summed E-state index contributed by atoms with van der Waals surface area (Å²) in [5.74, 6) is 0. The monoisotopic (exact) mass is 210 g/mol. The first kappa shape index (κ1) is 11.8. The first-order valence-corrected chi connectivity index (χ1v) is 4.84. The van der Waals surface area contributed by atoms with Gasteiger partial charge in [0.2, 0.25) is 0 Å². The van der Waals surface area contributed by atoms with E-state index < -0.39 is 12.6 Å². The van der Waals surface area contributed by atoms with Crippen LogP contribution in [0, 0.1) is 0 Å². The second-order valence-corrected chi connectivity index (χ2v) is 4.34. The zero-order valence-electron chi connectivity index (χ0n) is 8.62. The molecular weight excluding hydrogens is 193 g/mol. The first-order chi connectivity index (χ1) is 6.31. The molecule has 1 N–H and O–H groups in total. The minimum Gasteiger partial charge on any atom is -0.314 e. The van der Waals surface area contributed by atoms with Gasteiger partial charge in [-0.15, -0.1) is 0 Å². The summed E-state index contributed by atoms with van der Waals surface area (Å²) < 4.78 is 36.1. The van der Waals surface area contributed by atoms with Crippen LogP contribution >= 0.6 is 0 Å². The zero-order valence-corrected chi connectivity index (χ0v) is 8.62. The van der Waals surface area contributed by atoms with Crippen molar-refractivity contribution in [2.75, 3.05) is 26.2 Å². The summed E-state index contributed by atoms with van der Waals surface area (Å²) in [7, 11) is 0. The molecule has 1 aliphatic heterocycles. The van der Waals surface area contributed by atoms with E-state index in [1.54, 1.807) is 0 Å². The maximum Gasteiger partial charge on any atom is 0.390 e. The Bertz CT molecular complexity index is 189. The van der Waals surface area contributed by atoms with E-state index in [-0.39, 0.29) is 12.1 Å². The van der Waals surface area contributed by atoms with Gasteiger partial charge in [0.25, 0.3) is 0 Å². The molecule has 0 aromatic rings. The van der Waals surface area contributed by atoms with E-state index in [2.05, 4.69) is 5.32 Å². The summed E-state index contributed by atoms with van der Waals surface area (Å²) in [5.41, 5.74) is -0.163. The van der Waals surface area contributed by atoms with E-state index in [1.165, 1.54) is 0 Å². The van der Waals surface area contributed by atoms with Crippen LogP contribution in [-0.4, -0.2) is 42.8 Å². The molecule has 1 rings (SSSR count). The summed E-state index contributed by atoms with van der Waals surface area (Å²) >= 11 is 0. The number of nitrogens with one attached hydrogen (secondary N) is 1. The van der Waals surface area contributed by atoms with Gasteiger partial charge in [-0.2, -0.15) is 13.2 Å². The molecule has 0 aliphatic carbocycles. The van der Waals surface area contributed by atoms with Gasteiger partial charge in [-0.05, 0) is 13.8 Å². The van der Waals surface area contributed by atoms with Crippen molar-refractivity contribution in [1.82, 2.24) is 10.2 Å². The standard InChI is InChI=1S/C9H17F3N2/c1-8(2)7-13-4-6-14(8)5-3-9(10,11)12/h13H,3-7H2,1-2H3. The van der Waals surface area contributed by atoms with Gasteiger partial charge in [-0.25, -0.2) is 0 Å². The largest absolute Gasteiger partial charge is 0.390 e. The average Bonchev–Trinajstić information content (AvgIpc) is 2.00. The molecule has 0 amide bonds. The van der Waals surface area contributed by atoms with Gasteiger partial charge in [-0.1, -0.05) is 0 Å². The summed E-state index contributed by atoms with van der Waals surface area (Å²) in [4.78, 5) is 1.90. The minimum atomic E-state index is -4.04. The molecular formula is C9H17F3N2. The van der Waals surface area contributed by atoms with E-state index >= 15 is 0 Å². The van der Waals surface area contributed by atoms with Crippen LogP contribution in [-0.2, 0) is 0 Å². The Morgan fingerprint density at radius 3 is 2.50 bits per heavy atom. The molecule has 0 saturated carbocycles. The maximum absolute atomic E-state index is 12.0. The van der Waals surface area contributed by atoms with Crippen molar-refractivity contribution >= 4 is 0 Å². The fourth-order valence-corrected chi connectivity index (χ4v) is 1.70. The normalized spacial score (nSPS) is 23.8. The molecule has 84 valence electrons. The van der Waals surface area contributed by atoms with Crippen molar-refractivity contribution in [2.24, 2.45) is 0 Å². The molecule has 1 heterocycles. The molecule has 0 aromatic heterocycles. The lowest BCUT2D eigenvalue weighted by Gasteiger charge is -2.42. The second-order valence-electron chi connectivity index (χ2n) is 4.34. The molecule has 0 bridgehead atoms. The number of hydrogen-bond acceptors (Lipinski definition) is 2. The first-order valence-electron chi connectivity index (χ1n) is 4.84. The highest BCUT2D eigenvalue weighted by atomic mass is 19.4. The molecule has 1 fully saturated rings. The highest BCUT2D eigenvalue weighted by molar-refractivity contribution is 4.88. The Morgan fingerprint density at radius 1 is 1.36 bits per heavy atom. The predicted molar refractivity (Wildman–Crippen MR) is 49.2 cm³/mol. The number of nitrogens with zero attached hydrogens (tertiary/aromatic N) is 1. The number of piperazine rings is 1. The molecule has 14 heavy (non-hydrogen) atoms. The van der Waals surface area contributed by atoms with Gasteiger partial charge >= 0.3 is 6.18 Å². The molecule has 0 unspecified atom stereocenters. The third-order valence-corrected chi connectivity index (χ3v) is 2.64. The number of alkyl halides is 3. The summed E-state index contributed by atoms with van der Waals surface area (Å²) in [6.07, 6.45) is -4.75. The van der Waals surface area contributed by atoms with Gasteiger partial charge in [0, 0.05) is 31.7 Å². The summed E-state index contributed by atoms with van der Waals surface area (Å²) in [5, 5.41) is 3.18. The quantitative estimate of drug-likeness (QED) is 0.745. The predicted octanol–water partition coefficient (Wildman–Crippen LogP) is 1.62. The molecule has 2 nitrogen and oxygen atoms in total. The minimum absolute atomic E-state index is 0.109. The van der Waals surface area contributed by atoms with Crippen LogP contribution in [0.1, 0.15) is 20.3 Å². The van der Waals surface area contributed by atoms with E-state index in [0.29, 0.717) is 6.54 Å². The number of halogens is 3. The van der Waals surface area contributed by atoms with Gasteiger partial charge in [0.1, 0.15) is 0 Å². The summed E-state index contributed by atoms with van der Waals surface area (Å²) in [6, 6.07) is 0. The van der Waals surface area contributed by atoms with Crippen molar-refractivity contribution < 1.29 is 13.2 Å². The zero-order chi connectivity index (χ0) is 10.8. The lowest BCUT2D eigenvalue weighted by Crippen LogP contribution is -2.58. The van der Waals surface area contributed by atoms with Crippen LogP contribution in [0.25, 0.3) is 0 Å². The Hall–Kier alpha value is -0.290. The van der Waals surface area contributed by atoms with Crippen LogP contribution in [0.3, 0.4) is 0 Å². The Kier molecular flexibility index (Phi) is 3.42. The van der Waals surface area contributed by atoms with E-state index in [4.69, 9.17) is 0 Å². The maximum atomic E-state index is 12.0. The summed E-state index contributed by atoms with van der Waals surface area (Å²) in [6.45, 7) is 6.28. The van der Waals surface area contributed by atoms with Crippen molar-refractivity contribution in [3.05, 3.63) is 0 Å². The second kappa shape index (κ2) is 4.06. The third-order valence-electron chi connectivity index (χ3n) is 2.64. The Morgan fingerprint density at radius 2 is 2.00 bits per heavy atom. The van der Waals surface area contributed by atoms with Crippen molar-refractivity contribution in [3.8, 4) is 0 Å². The van der Waals surface area contributed by atoms with Crippen molar-refractivity contribution in [2.45, 2.75) is 32.0 Å². The Labute approximate surface area is 82.5 Å². The molecule has 1 aliphatic rings. The topological polar surface area (TPSA) is 15.3 Å². The smallest absolute Gasteiger partial charge is 0.314 e. The Balaban J connectivity index is 2.42. The molecule has 5 heteroatoms. The number of rotatable bonds is 2. The van der Waals surface area contributed by atoms with Crippen molar-refractivity contribution in [1.29, 1.82) is 0 Å². The van der Waals surface area contributed by atoms with Crippen LogP contribution in [0.2, 0.25) is 0 Å². The van der Waals surface area contributed by atoms with Crippen molar-refractivity contribution in [3.63, 3.8) is 0 Å². The molecule has 0 spiro atoms. The molecule has 0 radical (unpaired) electrons. The van der Waals surface area contributed by atoms with Gasteiger partial charge in [-0.3, -0.25) is 4.90 Å². The fourth-order valence-electron chi connectivity index (χ4n) is 1.70. The van der Waals surface area contributed by atoms with Crippen LogP contribution < -0.4 is 5.32 Å². The molecule has 1 saturated heterocycles. The van der Waals surface area contributed by atoms with Crippen LogP contribution in [0.15, 0.2) is 0 Å². The van der Waals surface area contributed by atoms with E-state index in [1.807, 2.05) is 18.7 Å². The van der Waals surface area contributed by atoms with E-state index in [0.717, 1.165) is 13.1 Å². The van der Waals surface area contributed by atoms with Gasteiger partial charge in [0.05, 0.1) is 6.42 Å². The third kappa shape index (κ3) is 3.46. The lowest BCUT2D eigenvalue weighted by atomic mass is 10.00. The lowest BCUT2D eigenvalue weighted by molar-refractivity contribution is -0.141. The number of hydrogen-bond donors (Lipinski definition) is 1. The van der Waals surface area contributed by atoms with Gasteiger partial charge < -0.3 is 5.32 Å². The SMILES string of the molecule is CC1(C)CNCCN1CCC(F)(F)F. The van der Waals surface area contributed by atoms with Crippen LogP contribution in [0.5, 0.6) is 0 Å². The highest BCUT2D eigenvalue weighted by Crippen LogP contribution is 2.23. The fraction of sp³-hybridized carbons (Fsp3) is 1.00. The highest BCUT2D eigenvalue weighted by Gasteiger charge is 2.33. The van der Waals surface area contributed by atoms with Crippen LogP contribution in [0.4, 0.5) is 13.2 Å². The van der Waals surface area contributed by atoms with E-state index in [9.17, 15) is 13.2 Å². The molecule has 0 aromatic carbocycles.